The number of esters is 1. The molecule has 51 heavy (non-hydrogen) atoms. The van der Waals surface area contributed by atoms with Crippen LogP contribution in [0.15, 0.2) is 98.1 Å². The number of nitrogens with one attached hydrogen (secondary N) is 1. The molecule has 3 aromatic rings. The van der Waals surface area contributed by atoms with Gasteiger partial charge >= 0.3 is 5.97 Å². The number of hydrogen-bond acceptors (Lipinski definition) is 7. The minimum atomic E-state index is -1.32. The molecule has 8 atom stereocenters. The second-order valence-electron chi connectivity index (χ2n) is 13.5. The molecule has 268 valence electrons. The number of allylic oxidation sites excluding steroid dienone is 1. The van der Waals surface area contributed by atoms with Crippen LogP contribution in [0.3, 0.4) is 0 Å². The van der Waals surface area contributed by atoms with Crippen molar-refractivity contribution in [1.82, 2.24) is 10.2 Å². The van der Waals surface area contributed by atoms with E-state index < -0.39 is 47.7 Å². The quantitative estimate of drug-likeness (QED) is 0.123. The number of aliphatic hydroxyl groups excluding tert-OH is 1. The Bertz CT molecular complexity index is 1800. The highest BCUT2D eigenvalue weighted by molar-refractivity contribution is 9.09. The van der Waals surface area contributed by atoms with Gasteiger partial charge in [-0.25, -0.2) is 0 Å². The second-order valence-corrected chi connectivity index (χ2v) is 14.7. The van der Waals surface area contributed by atoms with Gasteiger partial charge in [0, 0.05) is 36.6 Å². The molecular weight excluding hydrogens is 714 g/mol. The third-order valence-corrected chi connectivity index (χ3v) is 11.1. The molecular formula is C40H44BrN3O7. The van der Waals surface area contributed by atoms with Crippen molar-refractivity contribution in [3.8, 4) is 0 Å². The molecule has 1 unspecified atom stereocenters. The van der Waals surface area contributed by atoms with Crippen LogP contribution in [0.2, 0.25) is 0 Å². The van der Waals surface area contributed by atoms with Crippen molar-refractivity contribution in [2.45, 2.75) is 67.3 Å². The van der Waals surface area contributed by atoms with Gasteiger partial charge in [-0.05, 0) is 54.7 Å². The average molecular weight is 759 g/mol. The van der Waals surface area contributed by atoms with Crippen LogP contribution in [0.1, 0.15) is 44.3 Å². The van der Waals surface area contributed by atoms with Crippen molar-refractivity contribution in [2.75, 3.05) is 24.6 Å². The summed E-state index contributed by atoms with van der Waals surface area (Å²) in [6.45, 7) is 9.45. The van der Waals surface area contributed by atoms with Crippen LogP contribution >= 0.6 is 15.9 Å². The highest BCUT2D eigenvalue weighted by atomic mass is 79.9. The Kier molecular flexibility index (Phi) is 11.1. The molecule has 3 amide bonds. The van der Waals surface area contributed by atoms with Crippen molar-refractivity contribution < 1.29 is 33.8 Å². The lowest BCUT2D eigenvalue weighted by molar-refractivity contribution is -0.162. The Balaban J connectivity index is 1.34. The summed E-state index contributed by atoms with van der Waals surface area (Å²) in [5.74, 6) is -3.60. The zero-order valence-electron chi connectivity index (χ0n) is 28.7. The molecule has 3 heterocycles. The normalized spacial score (nSPS) is 26.0. The summed E-state index contributed by atoms with van der Waals surface area (Å²) in [6, 6.07) is 21.1. The second kappa shape index (κ2) is 15.5. The Morgan fingerprint density at radius 2 is 1.82 bits per heavy atom. The fourth-order valence-corrected chi connectivity index (χ4v) is 8.99. The van der Waals surface area contributed by atoms with Gasteiger partial charge in [0.2, 0.25) is 11.8 Å². The lowest BCUT2D eigenvalue weighted by Crippen LogP contribution is -2.57. The minimum Gasteiger partial charge on any atom is -0.455 e. The third kappa shape index (κ3) is 6.86. The number of anilines is 1. The Hall–Kier alpha value is -4.32. The van der Waals surface area contributed by atoms with Crippen LogP contribution in [0.5, 0.6) is 0 Å². The monoisotopic (exact) mass is 757 g/mol. The van der Waals surface area contributed by atoms with Gasteiger partial charge in [0.05, 0.1) is 24.0 Å². The fourth-order valence-electron chi connectivity index (χ4n) is 8.04. The van der Waals surface area contributed by atoms with Crippen LogP contribution in [-0.2, 0) is 28.7 Å². The molecule has 0 saturated carbocycles. The SMILES string of the molecule is C=CCCC(=O)N[C@H](C)[C@@H](OC(=O)[C@@H]1[C@H]2O[C@@]3(CC2Br)[C@H](C(=O)N(CC=C)c2ccc4ccccc4c2)N(CCCO)C(=O)[C@@H]13)c1ccccc1. The highest BCUT2D eigenvalue weighted by Gasteiger charge is 2.77. The number of ether oxygens (including phenoxy) is 2. The summed E-state index contributed by atoms with van der Waals surface area (Å²) in [5.41, 5.74) is -0.000983. The first kappa shape index (κ1) is 36.5. The number of benzene rings is 3. The highest BCUT2D eigenvalue weighted by Crippen LogP contribution is 2.60. The van der Waals surface area contributed by atoms with Crippen molar-refractivity contribution >= 4 is 56.1 Å². The van der Waals surface area contributed by atoms with Crippen LogP contribution in [0.4, 0.5) is 5.69 Å². The molecule has 0 radical (unpaired) electrons. The number of carbonyl (C=O) groups is 4. The van der Waals surface area contributed by atoms with Crippen molar-refractivity contribution in [2.24, 2.45) is 11.8 Å². The summed E-state index contributed by atoms with van der Waals surface area (Å²) in [6.07, 6.45) is 3.03. The van der Waals surface area contributed by atoms with E-state index in [1.165, 1.54) is 4.90 Å². The summed E-state index contributed by atoms with van der Waals surface area (Å²) in [4.78, 5) is 59.3. The first-order valence-electron chi connectivity index (χ1n) is 17.4. The van der Waals surface area contributed by atoms with Gasteiger partial charge < -0.3 is 29.7 Å². The topological polar surface area (TPSA) is 125 Å². The van der Waals surface area contributed by atoms with Gasteiger partial charge in [0.1, 0.15) is 17.7 Å². The molecule has 0 aromatic heterocycles. The van der Waals surface area contributed by atoms with Crippen LogP contribution in [-0.4, -0.2) is 82.0 Å². The largest absolute Gasteiger partial charge is 0.455 e. The van der Waals surface area contributed by atoms with Gasteiger partial charge in [-0.3, -0.25) is 19.2 Å². The number of likely N-dealkylation sites (tertiary alicyclic amines) is 1. The van der Waals surface area contributed by atoms with E-state index in [1.807, 2.05) is 72.8 Å². The Morgan fingerprint density at radius 1 is 1.10 bits per heavy atom. The van der Waals surface area contributed by atoms with E-state index in [0.29, 0.717) is 24.1 Å². The van der Waals surface area contributed by atoms with Gasteiger partial charge in [0.15, 0.2) is 0 Å². The molecule has 0 aliphatic carbocycles. The molecule has 2 bridgehead atoms. The first-order valence-corrected chi connectivity index (χ1v) is 18.4. The maximum Gasteiger partial charge on any atom is 0.313 e. The molecule has 1 spiro atoms. The Morgan fingerprint density at radius 3 is 2.53 bits per heavy atom. The van der Waals surface area contributed by atoms with E-state index in [0.717, 1.165) is 10.8 Å². The summed E-state index contributed by atoms with van der Waals surface area (Å²) < 4.78 is 13.0. The maximum absolute atomic E-state index is 14.9. The molecule has 3 aromatic carbocycles. The smallest absolute Gasteiger partial charge is 0.313 e. The molecule has 11 heteroatoms. The van der Waals surface area contributed by atoms with Gasteiger partial charge in [-0.2, -0.15) is 0 Å². The fraction of sp³-hybridized carbons (Fsp3) is 0.400. The maximum atomic E-state index is 14.9. The third-order valence-electron chi connectivity index (χ3n) is 10.3. The molecule has 10 nitrogen and oxygen atoms in total. The molecule has 3 aliphatic heterocycles. The molecule has 6 rings (SSSR count). The first-order chi connectivity index (χ1) is 24.6. The number of aliphatic hydroxyl groups is 1. The number of alkyl halides is 1. The van der Waals surface area contributed by atoms with E-state index in [4.69, 9.17) is 9.47 Å². The molecule has 2 N–H and O–H groups in total. The zero-order chi connectivity index (χ0) is 36.3. The lowest BCUT2D eigenvalue weighted by atomic mass is 9.70. The van der Waals surface area contributed by atoms with Gasteiger partial charge in [0.25, 0.3) is 5.91 Å². The summed E-state index contributed by atoms with van der Waals surface area (Å²) in [5, 5.41) is 14.7. The molecule has 3 fully saturated rings. The molecule has 3 saturated heterocycles. The van der Waals surface area contributed by atoms with Gasteiger partial charge in [-0.15, -0.1) is 13.2 Å². The number of nitrogens with zero attached hydrogens (tertiary/aromatic N) is 2. The van der Waals surface area contributed by atoms with E-state index in [9.17, 15) is 24.3 Å². The van der Waals surface area contributed by atoms with Crippen LogP contribution < -0.4 is 10.2 Å². The number of fused-ring (bicyclic) bond motifs is 2. The summed E-state index contributed by atoms with van der Waals surface area (Å²) >= 11 is 3.73. The van der Waals surface area contributed by atoms with Crippen molar-refractivity contribution in [3.63, 3.8) is 0 Å². The number of carbonyl (C=O) groups excluding carboxylic acids is 4. The van der Waals surface area contributed by atoms with E-state index in [-0.39, 0.29) is 55.1 Å². The number of hydrogen-bond donors (Lipinski definition) is 2. The van der Waals surface area contributed by atoms with E-state index in [2.05, 4.69) is 34.4 Å². The van der Waals surface area contributed by atoms with Crippen molar-refractivity contribution in [1.29, 1.82) is 0 Å². The van der Waals surface area contributed by atoms with Gasteiger partial charge in [-0.1, -0.05) is 88.7 Å². The van der Waals surface area contributed by atoms with Crippen LogP contribution in [0, 0.1) is 11.8 Å². The summed E-state index contributed by atoms with van der Waals surface area (Å²) in [7, 11) is 0. The Labute approximate surface area is 306 Å². The standard InChI is InChI=1S/C40H44BrN3O7/c1-4-6-17-31(46)42-25(3)34(27-14-8-7-9-15-27)50-39(49)32-33-37(47)44(21-12-22-45)36(40(33)24-30(41)35(32)51-40)38(48)43(20-5-2)29-19-18-26-13-10-11-16-28(26)23-29/h4-5,7-11,13-16,18-19,23,25,30,32-36,45H,1-2,6,12,17,20-22,24H2,3H3,(H,42,46)/t25-,30?,32+,33-,34-,35+,36+,40-/m1/s1. The van der Waals surface area contributed by atoms with E-state index in [1.54, 1.807) is 24.0 Å². The van der Waals surface area contributed by atoms with E-state index >= 15 is 0 Å². The molecule has 3 aliphatic rings. The zero-order valence-corrected chi connectivity index (χ0v) is 30.2. The predicted octanol–water partition coefficient (Wildman–Crippen LogP) is 5.24. The number of amides is 3. The lowest BCUT2D eigenvalue weighted by Gasteiger charge is -2.37. The number of halogens is 1. The van der Waals surface area contributed by atoms with Crippen molar-refractivity contribution in [3.05, 3.63) is 104 Å². The minimum absolute atomic E-state index is 0.104. The van der Waals surface area contributed by atoms with Crippen LogP contribution in [0.25, 0.3) is 10.8 Å². The predicted molar refractivity (Wildman–Crippen MR) is 198 cm³/mol. The average Bonchev–Trinajstić information content (AvgIpc) is 3.73. The number of rotatable bonds is 15.